The summed E-state index contributed by atoms with van der Waals surface area (Å²) < 4.78 is 2.12. The number of hydrogen-bond donors (Lipinski definition) is 0. The van der Waals surface area contributed by atoms with E-state index in [1.807, 2.05) is 0 Å². The highest BCUT2D eigenvalue weighted by molar-refractivity contribution is 9.09. The number of aromatic nitrogens is 2. The SMILES string of the molecule is CCn1nc(C)cc1CC(C)CC(C)Br. The summed E-state index contributed by atoms with van der Waals surface area (Å²) in [6, 6.07) is 2.21. The molecule has 0 spiro atoms. The fourth-order valence-electron chi connectivity index (χ4n) is 2.03. The molecule has 1 aromatic rings. The first kappa shape index (κ1) is 12.8. The Bertz CT molecular complexity index is 305. The molecule has 0 aliphatic heterocycles. The smallest absolute Gasteiger partial charge is 0.0596 e. The van der Waals surface area contributed by atoms with Gasteiger partial charge in [-0.3, -0.25) is 4.68 Å². The van der Waals surface area contributed by atoms with Gasteiger partial charge in [-0.25, -0.2) is 0 Å². The summed E-state index contributed by atoms with van der Waals surface area (Å²) in [4.78, 5) is 0.603. The van der Waals surface area contributed by atoms with Gasteiger partial charge in [-0.05, 0) is 38.7 Å². The van der Waals surface area contributed by atoms with Gasteiger partial charge in [-0.2, -0.15) is 5.10 Å². The number of halogens is 1. The summed E-state index contributed by atoms with van der Waals surface area (Å²) in [5.74, 6) is 0.709. The van der Waals surface area contributed by atoms with Gasteiger partial charge in [0.15, 0.2) is 0 Å². The van der Waals surface area contributed by atoms with E-state index in [9.17, 15) is 0 Å². The molecule has 86 valence electrons. The maximum absolute atomic E-state index is 4.47. The fraction of sp³-hybridized carbons (Fsp3) is 0.750. The third kappa shape index (κ3) is 3.98. The molecule has 0 radical (unpaired) electrons. The van der Waals surface area contributed by atoms with Crippen LogP contribution in [-0.2, 0) is 13.0 Å². The molecule has 15 heavy (non-hydrogen) atoms. The molecular weight excluding hydrogens is 252 g/mol. The van der Waals surface area contributed by atoms with Gasteiger partial charge in [0.2, 0.25) is 0 Å². The molecule has 0 aliphatic rings. The van der Waals surface area contributed by atoms with E-state index in [-0.39, 0.29) is 0 Å². The largest absolute Gasteiger partial charge is 0.270 e. The highest BCUT2D eigenvalue weighted by Gasteiger charge is 2.11. The monoisotopic (exact) mass is 272 g/mol. The third-order valence-electron chi connectivity index (χ3n) is 2.57. The third-order valence-corrected chi connectivity index (χ3v) is 2.94. The van der Waals surface area contributed by atoms with Crippen LogP contribution in [0.2, 0.25) is 0 Å². The maximum Gasteiger partial charge on any atom is 0.0596 e. The molecule has 0 N–H and O–H groups in total. The second-order valence-corrected chi connectivity index (χ2v) is 5.98. The average Bonchev–Trinajstić information content (AvgIpc) is 2.44. The Morgan fingerprint density at radius 1 is 1.47 bits per heavy atom. The predicted molar refractivity (Wildman–Crippen MR) is 68.5 cm³/mol. The van der Waals surface area contributed by atoms with Crippen LogP contribution in [-0.4, -0.2) is 14.6 Å². The molecule has 0 amide bonds. The lowest BCUT2D eigenvalue weighted by atomic mass is 10.00. The highest BCUT2D eigenvalue weighted by Crippen LogP contribution is 2.18. The van der Waals surface area contributed by atoms with Gasteiger partial charge in [0.05, 0.1) is 5.69 Å². The van der Waals surface area contributed by atoms with Gasteiger partial charge in [0.25, 0.3) is 0 Å². The zero-order valence-electron chi connectivity index (χ0n) is 10.1. The molecule has 3 heteroatoms. The number of rotatable bonds is 5. The Balaban J connectivity index is 2.62. The minimum absolute atomic E-state index is 0.603. The Labute approximate surface area is 101 Å². The standard InChI is InChI=1S/C12H21BrN2/c1-5-15-12(8-11(4)14-15)7-9(2)6-10(3)13/h8-10H,5-7H2,1-4H3. The molecule has 0 aliphatic carbocycles. The summed E-state index contributed by atoms with van der Waals surface area (Å²) in [7, 11) is 0. The van der Waals surface area contributed by atoms with Crippen molar-refractivity contribution in [3.63, 3.8) is 0 Å². The molecular formula is C12H21BrN2. The van der Waals surface area contributed by atoms with Gasteiger partial charge < -0.3 is 0 Å². The van der Waals surface area contributed by atoms with Gasteiger partial charge in [-0.1, -0.05) is 29.8 Å². The van der Waals surface area contributed by atoms with Crippen molar-refractivity contribution < 1.29 is 0 Å². The van der Waals surface area contributed by atoms with Crippen molar-refractivity contribution in [2.75, 3.05) is 0 Å². The summed E-state index contributed by atoms with van der Waals surface area (Å²) in [5.41, 5.74) is 2.50. The van der Waals surface area contributed by atoms with Gasteiger partial charge in [0, 0.05) is 17.1 Å². The molecule has 1 rings (SSSR count). The molecule has 1 heterocycles. The van der Waals surface area contributed by atoms with Crippen LogP contribution in [0.15, 0.2) is 6.07 Å². The lowest BCUT2D eigenvalue weighted by Gasteiger charge is -2.13. The van der Waals surface area contributed by atoms with E-state index in [1.165, 1.54) is 12.1 Å². The van der Waals surface area contributed by atoms with Crippen LogP contribution in [0.1, 0.15) is 38.6 Å². The number of hydrogen-bond acceptors (Lipinski definition) is 1. The van der Waals surface area contributed by atoms with Gasteiger partial charge in [0.1, 0.15) is 0 Å². The van der Waals surface area contributed by atoms with Gasteiger partial charge >= 0.3 is 0 Å². The summed E-state index contributed by atoms with van der Waals surface area (Å²) in [6.45, 7) is 9.69. The summed E-state index contributed by atoms with van der Waals surface area (Å²) in [5, 5.41) is 4.47. The van der Waals surface area contributed by atoms with Crippen molar-refractivity contribution >= 4 is 15.9 Å². The van der Waals surface area contributed by atoms with E-state index >= 15 is 0 Å². The second-order valence-electron chi connectivity index (χ2n) is 4.42. The Kier molecular flexibility index (Phi) is 4.84. The zero-order valence-corrected chi connectivity index (χ0v) is 11.7. The lowest BCUT2D eigenvalue weighted by molar-refractivity contribution is 0.499. The Morgan fingerprint density at radius 3 is 2.67 bits per heavy atom. The molecule has 0 saturated carbocycles. The highest BCUT2D eigenvalue weighted by atomic mass is 79.9. The zero-order chi connectivity index (χ0) is 11.4. The molecule has 2 nitrogen and oxygen atoms in total. The van der Waals surface area contributed by atoms with E-state index in [0.717, 1.165) is 18.7 Å². The van der Waals surface area contributed by atoms with Crippen molar-refractivity contribution in [1.29, 1.82) is 0 Å². The number of aryl methyl sites for hydroxylation is 2. The van der Waals surface area contributed by atoms with Crippen LogP contribution < -0.4 is 0 Å². The summed E-state index contributed by atoms with van der Waals surface area (Å²) in [6.07, 6.45) is 2.35. The van der Waals surface area contributed by atoms with E-state index in [4.69, 9.17) is 0 Å². The first-order valence-corrected chi connectivity index (χ1v) is 6.61. The molecule has 1 aromatic heterocycles. The molecule has 2 atom stereocenters. The first-order valence-electron chi connectivity index (χ1n) is 5.70. The molecule has 0 saturated heterocycles. The lowest BCUT2D eigenvalue weighted by Crippen LogP contribution is -2.10. The van der Waals surface area contributed by atoms with Crippen LogP contribution >= 0.6 is 15.9 Å². The van der Waals surface area contributed by atoms with Crippen LogP contribution in [0.3, 0.4) is 0 Å². The molecule has 2 unspecified atom stereocenters. The quantitative estimate of drug-likeness (QED) is 0.750. The molecule has 0 bridgehead atoms. The van der Waals surface area contributed by atoms with Crippen molar-refractivity contribution in [3.8, 4) is 0 Å². The number of nitrogens with zero attached hydrogens (tertiary/aromatic N) is 2. The average molecular weight is 273 g/mol. The van der Waals surface area contributed by atoms with Crippen molar-refractivity contribution in [2.45, 2.75) is 51.9 Å². The molecule has 0 aromatic carbocycles. The van der Waals surface area contributed by atoms with Crippen molar-refractivity contribution in [1.82, 2.24) is 9.78 Å². The van der Waals surface area contributed by atoms with E-state index in [0.29, 0.717) is 10.7 Å². The Morgan fingerprint density at radius 2 is 2.13 bits per heavy atom. The van der Waals surface area contributed by atoms with E-state index < -0.39 is 0 Å². The topological polar surface area (TPSA) is 17.8 Å². The normalized spacial score (nSPS) is 15.3. The van der Waals surface area contributed by atoms with E-state index in [2.05, 4.69) is 59.5 Å². The van der Waals surface area contributed by atoms with Crippen LogP contribution in [0.5, 0.6) is 0 Å². The van der Waals surface area contributed by atoms with E-state index in [1.54, 1.807) is 0 Å². The Hall–Kier alpha value is -0.310. The first-order chi connectivity index (χ1) is 7.02. The minimum atomic E-state index is 0.603. The predicted octanol–water partition coefficient (Wildman–Crippen LogP) is 3.56. The maximum atomic E-state index is 4.47. The van der Waals surface area contributed by atoms with Crippen LogP contribution in [0.25, 0.3) is 0 Å². The minimum Gasteiger partial charge on any atom is -0.270 e. The van der Waals surface area contributed by atoms with Crippen molar-refractivity contribution in [2.24, 2.45) is 5.92 Å². The van der Waals surface area contributed by atoms with Crippen LogP contribution in [0.4, 0.5) is 0 Å². The summed E-state index contributed by atoms with van der Waals surface area (Å²) >= 11 is 3.61. The second kappa shape index (κ2) is 5.69. The van der Waals surface area contributed by atoms with Crippen LogP contribution in [0, 0.1) is 12.8 Å². The van der Waals surface area contributed by atoms with Crippen molar-refractivity contribution in [3.05, 3.63) is 17.5 Å². The molecule has 0 fully saturated rings. The van der Waals surface area contributed by atoms with Gasteiger partial charge in [-0.15, -0.1) is 0 Å². The number of alkyl halides is 1. The fourth-order valence-corrected chi connectivity index (χ4v) is 2.67.